The summed E-state index contributed by atoms with van der Waals surface area (Å²) in [6.07, 6.45) is 11.9. The number of carbonyl (C=O) groups excluding carboxylic acids is 1. The van der Waals surface area contributed by atoms with Crippen LogP contribution in [0, 0.1) is 11.8 Å². The van der Waals surface area contributed by atoms with Crippen molar-refractivity contribution in [1.29, 1.82) is 0 Å². The molecule has 4 heteroatoms. The van der Waals surface area contributed by atoms with Gasteiger partial charge in [-0.3, -0.25) is 14.7 Å². The molecule has 0 amide bonds. The number of hydrogen-bond acceptors (Lipinski definition) is 4. The molecule has 1 saturated heterocycles. The van der Waals surface area contributed by atoms with Gasteiger partial charge in [0.2, 0.25) is 0 Å². The first-order chi connectivity index (χ1) is 17.5. The first-order valence-corrected chi connectivity index (χ1v) is 14.4. The van der Waals surface area contributed by atoms with Crippen LogP contribution >= 0.6 is 0 Å². The minimum absolute atomic E-state index is 0.214. The van der Waals surface area contributed by atoms with E-state index in [0.29, 0.717) is 17.6 Å². The maximum absolute atomic E-state index is 11.2. The number of benzene rings is 1. The number of carbonyl (C=O) groups is 1. The Morgan fingerprint density at radius 1 is 0.944 bits per heavy atom. The third kappa shape index (κ3) is 14.5. The highest BCUT2D eigenvalue weighted by molar-refractivity contribution is 5.78. The SMILES string of the molecule is CC.CC(=O)C1CCN(Cc2ccncc2)CC1.CCC.CCCC(CCC)C(N)c1ccccc1. The average molecular weight is 498 g/mol. The van der Waals surface area contributed by atoms with Crippen LogP contribution in [0.25, 0.3) is 0 Å². The largest absolute Gasteiger partial charge is 0.324 e. The molecule has 0 bridgehead atoms. The molecule has 1 fully saturated rings. The molecule has 3 rings (SSSR count). The molecule has 0 saturated carbocycles. The highest BCUT2D eigenvalue weighted by atomic mass is 16.1. The highest BCUT2D eigenvalue weighted by Crippen LogP contribution is 2.27. The van der Waals surface area contributed by atoms with Crippen LogP contribution in [0.15, 0.2) is 54.9 Å². The number of piperidine rings is 1. The van der Waals surface area contributed by atoms with Crippen LogP contribution in [-0.4, -0.2) is 28.8 Å². The number of nitrogens with zero attached hydrogens (tertiary/aromatic N) is 2. The van der Waals surface area contributed by atoms with Gasteiger partial charge in [-0.1, -0.05) is 91.1 Å². The van der Waals surface area contributed by atoms with Crippen LogP contribution in [0.1, 0.15) is 111 Å². The Morgan fingerprint density at radius 3 is 1.89 bits per heavy atom. The van der Waals surface area contributed by atoms with E-state index in [0.717, 1.165) is 32.5 Å². The molecule has 1 aliphatic rings. The fourth-order valence-corrected chi connectivity index (χ4v) is 4.44. The lowest BCUT2D eigenvalue weighted by Gasteiger charge is -2.30. The first-order valence-electron chi connectivity index (χ1n) is 14.4. The molecule has 1 aliphatic heterocycles. The van der Waals surface area contributed by atoms with Gasteiger partial charge >= 0.3 is 0 Å². The van der Waals surface area contributed by atoms with E-state index in [-0.39, 0.29) is 6.04 Å². The third-order valence-electron chi connectivity index (χ3n) is 6.33. The molecule has 0 radical (unpaired) electrons. The van der Waals surface area contributed by atoms with Gasteiger partial charge < -0.3 is 5.73 Å². The zero-order valence-corrected chi connectivity index (χ0v) is 24.4. The monoisotopic (exact) mass is 497 g/mol. The second-order valence-corrected chi connectivity index (χ2v) is 9.50. The van der Waals surface area contributed by atoms with Crippen molar-refractivity contribution in [2.75, 3.05) is 13.1 Å². The summed E-state index contributed by atoms with van der Waals surface area (Å²) in [4.78, 5) is 17.7. The van der Waals surface area contributed by atoms with Crippen LogP contribution in [-0.2, 0) is 11.3 Å². The van der Waals surface area contributed by atoms with E-state index >= 15 is 0 Å². The van der Waals surface area contributed by atoms with Crippen molar-refractivity contribution >= 4 is 5.78 Å². The van der Waals surface area contributed by atoms with E-state index in [4.69, 9.17) is 5.73 Å². The third-order valence-corrected chi connectivity index (χ3v) is 6.33. The number of hydrogen-bond donors (Lipinski definition) is 1. The van der Waals surface area contributed by atoms with E-state index in [1.165, 1.54) is 43.2 Å². The number of ketones is 1. The van der Waals surface area contributed by atoms with Crippen molar-refractivity contribution in [2.24, 2.45) is 17.6 Å². The standard InChI is InChI=1S/C14H23N.C13H18N2O.C3H8.C2H6/c1-3-8-12(9-4-2)14(15)13-10-6-5-7-11-13;1-11(16)13-4-8-15(9-5-13)10-12-2-6-14-7-3-12;1-3-2;1-2/h5-7,10-12,14H,3-4,8-9,15H2,1-2H3;2-3,6-7,13H,4-5,8-10H2,1H3;3H2,1-2H3;1-2H3. The van der Waals surface area contributed by atoms with Gasteiger partial charge in [0.25, 0.3) is 0 Å². The summed E-state index contributed by atoms with van der Waals surface area (Å²) in [5.74, 6) is 1.29. The zero-order chi connectivity index (χ0) is 27.2. The average Bonchev–Trinajstić information content (AvgIpc) is 2.91. The normalized spacial score (nSPS) is 14.4. The predicted molar refractivity (Wildman–Crippen MR) is 157 cm³/mol. The van der Waals surface area contributed by atoms with Gasteiger partial charge in [0, 0.05) is 30.9 Å². The molecule has 36 heavy (non-hydrogen) atoms. The summed E-state index contributed by atoms with van der Waals surface area (Å²) in [5.41, 5.74) is 8.90. The number of rotatable bonds is 9. The van der Waals surface area contributed by atoms with Crippen molar-refractivity contribution in [2.45, 2.75) is 106 Å². The Labute approximate surface area is 223 Å². The summed E-state index contributed by atoms with van der Waals surface area (Å²) in [7, 11) is 0. The van der Waals surface area contributed by atoms with Crippen molar-refractivity contribution in [3.63, 3.8) is 0 Å². The molecule has 1 unspecified atom stereocenters. The highest BCUT2D eigenvalue weighted by Gasteiger charge is 2.22. The Morgan fingerprint density at radius 2 is 1.44 bits per heavy atom. The first kappa shape index (κ1) is 34.0. The van der Waals surface area contributed by atoms with Crippen molar-refractivity contribution in [1.82, 2.24) is 9.88 Å². The van der Waals surface area contributed by atoms with Crippen molar-refractivity contribution in [3.8, 4) is 0 Å². The minimum Gasteiger partial charge on any atom is -0.324 e. The lowest BCUT2D eigenvalue weighted by Crippen LogP contribution is -2.35. The molecule has 204 valence electrons. The number of Topliss-reactive ketones (excluding diaryl/α,β-unsaturated/α-hetero) is 1. The molecular weight excluding hydrogens is 442 g/mol. The number of likely N-dealkylation sites (tertiary alicyclic amines) is 1. The van der Waals surface area contributed by atoms with E-state index < -0.39 is 0 Å². The Bertz CT molecular complexity index is 737. The molecule has 1 aromatic heterocycles. The molecule has 4 nitrogen and oxygen atoms in total. The van der Waals surface area contributed by atoms with Gasteiger partial charge in [-0.05, 0) is 74.9 Å². The lowest BCUT2D eigenvalue weighted by molar-refractivity contribution is -0.122. The van der Waals surface area contributed by atoms with E-state index in [1.54, 1.807) is 6.92 Å². The second-order valence-electron chi connectivity index (χ2n) is 9.50. The summed E-state index contributed by atoms with van der Waals surface area (Å²) in [6.45, 7) is 17.5. The van der Waals surface area contributed by atoms with Gasteiger partial charge in [-0.15, -0.1) is 0 Å². The van der Waals surface area contributed by atoms with E-state index in [2.05, 4.69) is 74.0 Å². The molecular formula is C32H55N3O. The maximum atomic E-state index is 11.2. The Kier molecular flexibility index (Phi) is 20.9. The number of aromatic nitrogens is 1. The minimum atomic E-state index is 0.214. The number of pyridine rings is 1. The van der Waals surface area contributed by atoms with Crippen LogP contribution in [0.5, 0.6) is 0 Å². The zero-order valence-electron chi connectivity index (χ0n) is 24.4. The maximum Gasteiger partial charge on any atom is 0.133 e. The van der Waals surface area contributed by atoms with Gasteiger partial charge in [-0.25, -0.2) is 0 Å². The fourth-order valence-electron chi connectivity index (χ4n) is 4.44. The van der Waals surface area contributed by atoms with Crippen LogP contribution in [0.2, 0.25) is 0 Å². The second kappa shape index (κ2) is 22.2. The van der Waals surface area contributed by atoms with Crippen LogP contribution < -0.4 is 5.73 Å². The van der Waals surface area contributed by atoms with Crippen molar-refractivity contribution in [3.05, 3.63) is 66.0 Å². The summed E-state index contributed by atoms with van der Waals surface area (Å²) < 4.78 is 0. The topological polar surface area (TPSA) is 59.2 Å². The summed E-state index contributed by atoms with van der Waals surface area (Å²) >= 11 is 0. The quantitative estimate of drug-likeness (QED) is 0.379. The van der Waals surface area contributed by atoms with Gasteiger partial charge in [-0.2, -0.15) is 0 Å². The van der Waals surface area contributed by atoms with Crippen molar-refractivity contribution < 1.29 is 4.79 Å². The number of nitrogens with two attached hydrogens (primary N) is 1. The molecule has 2 heterocycles. The predicted octanol–water partition coefficient (Wildman–Crippen LogP) is 8.23. The van der Waals surface area contributed by atoms with Gasteiger partial charge in [0.05, 0.1) is 0 Å². The van der Waals surface area contributed by atoms with Crippen LogP contribution in [0.3, 0.4) is 0 Å². The molecule has 1 aromatic carbocycles. The van der Waals surface area contributed by atoms with Gasteiger partial charge in [0.15, 0.2) is 0 Å². The Hall–Kier alpha value is -2.04. The smallest absolute Gasteiger partial charge is 0.133 e. The molecule has 0 aliphatic carbocycles. The molecule has 2 aromatic rings. The van der Waals surface area contributed by atoms with E-state index in [1.807, 2.05) is 32.3 Å². The molecule has 0 spiro atoms. The fraction of sp³-hybridized carbons (Fsp3) is 0.625. The summed E-state index contributed by atoms with van der Waals surface area (Å²) in [6, 6.07) is 14.8. The van der Waals surface area contributed by atoms with Crippen LogP contribution in [0.4, 0.5) is 0 Å². The lowest BCUT2D eigenvalue weighted by atomic mass is 9.87. The molecule has 1 atom stereocenters. The van der Waals surface area contributed by atoms with Gasteiger partial charge in [0.1, 0.15) is 5.78 Å². The summed E-state index contributed by atoms with van der Waals surface area (Å²) in [5, 5.41) is 0. The molecule has 2 N–H and O–H groups in total. The van der Waals surface area contributed by atoms with E-state index in [9.17, 15) is 4.79 Å². The Balaban J connectivity index is 0.000000579.